The molecular formula is C20H32N4O3. The van der Waals surface area contributed by atoms with E-state index in [2.05, 4.69) is 20.5 Å². The van der Waals surface area contributed by atoms with E-state index in [0.29, 0.717) is 32.5 Å². The lowest BCUT2D eigenvalue weighted by Gasteiger charge is -2.22. The van der Waals surface area contributed by atoms with Gasteiger partial charge in [0.15, 0.2) is 0 Å². The molecule has 2 amide bonds. The smallest absolute Gasteiger partial charge is 0.242 e. The zero-order chi connectivity index (χ0) is 19.3. The van der Waals surface area contributed by atoms with Crippen molar-refractivity contribution in [1.82, 2.24) is 20.5 Å². The molecule has 1 aromatic rings. The topological polar surface area (TPSA) is 83.6 Å². The summed E-state index contributed by atoms with van der Waals surface area (Å²) in [6.45, 7) is 3.66. The zero-order valence-electron chi connectivity index (χ0n) is 16.3. The molecule has 7 nitrogen and oxygen atoms in total. The molecule has 7 heteroatoms. The zero-order valence-corrected chi connectivity index (χ0v) is 16.3. The minimum atomic E-state index is -0.438. The van der Waals surface area contributed by atoms with Gasteiger partial charge in [0, 0.05) is 52.2 Å². The molecule has 0 saturated carbocycles. The Bertz CT molecular complexity index is 568. The molecule has 27 heavy (non-hydrogen) atoms. The van der Waals surface area contributed by atoms with Crippen molar-refractivity contribution in [2.45, 2.75) is 51.1 Å². The Labute approximate surface area is 161 Å². The second kappa shape index (κ2) is 12.4. The number of hydrogen-bond acceptors (Lipinski definition) is 5. The van der Waals surface area contributed by atoms with E-state index >= 15 is 0 Å². The largest absolute Gasteiger partial charge is 0.385 e. The van der Waals surface area contributed by atoms with Crippen LogP contribution in [0.2, 0.25) is 0 Å². The summed E-state index contributed by atoms with van der Waals surface area (Å²) in [6.07, 6.45) is 8.50. The molecule has 150 valence electrons. The highest BCUT2D eigenvalue weighted by Crippen LogP contribution is 2.11. The first-order chi connectivity index (χ1) is 13.2. The van der Waals surface area contributed by atoms with Crippen LogP contribution in [0, 0.1) is 0 Å². The number of nitrogens with zero attached hydrogens (tertiary/aromatic N) is 2. The monoisotopic (exact) mass is 376 g/mol. The van der Waals surface area contributed by atoms with Gasteiger partial charge in [0.25, 0.3) is 0 Å². The van der Waals surface area contributed by atoms with E-state index in [9.17, 15) is 9.59 Å². The number of hydrogen-bond donors (Lipinski definition) is 2. The number of methoxy groups -OCH3 is 1. The lowest BCUT2D eigenvalue weighted by Crippen LogP contribution is -2.47. The average molecular weight is 377 g/mol. The van der Waals surface area contributed by atoms with Gasteiger partial charge in [-0.3, -0.25) is 19.5 Å². The van der Waals surface area contributed by atoms with Crippen molar-refractivity contribution in [3.05, 3.63) is 30.1 Å². The van der Waals surface area contributed by atoms with Crippen molar-refractivity contribution in [1.29, 1.82) is 0 Å². The fourth-order valence-corrected chi connectivity index (χ4v) is 3.22. The predicted octanol–water partition coefficient (Wildman–Crippen LogP) is 1.49. The van der Waals surface area contributed by atoms with Crippen LogP contribution in [0.4, 0.5) is 0 Å². The van der Waals surface area contributed by atoms with Gasteiger partial charge < -0.3 is 15.4 Å². The van der Waals surface area contributed by atoms with Gasteiger partial charge in [-0.25, -0.2) is 0 Å². The highest BCUT2D eigenvalue weighted by Gasteiger charge is 2.21. The molecule has 1 aromatic heterocycles. The Morgan fingerprint density at radius 3 is 2.89 bits per heavy atom. The Balaban J connectivity index is 1.85. The molecule has 1 unspecified atom stereocenters. The third-order valence-electron chi connectivity index (χ3n) is 4.75. The van der Waals surface area contributed by atoms with E-state index in [1.165, 1.54) is 5.56 Å². The number of aromatic nitrogens is 1. The van der Waals surface area contributed by atoms with E-state index in [4.69, 9.17) is 4.74 Å². The molecule has 1 aliphatic heterocycles. The average Bonchev–Trinajstić information content (AvgIpc) is 2.72. The summed E-state index contributed by atoms with van der Waals surface area (Å²) in [5.41, 5.74) is 1.20. The lowest BCUT2D eigenvalue weighted by molar-refractivity contribution is -0.129. The van der Waals surface area contributed by atoms with Crippen molar-refractivity contribution in [2.24, 2.45) is 0 Å². The first-order valence-electron chi connectivity index (χ1n) is 9.86. The highest BCUT2D eigenvalue weighted by molar-refractivity contribution is 5.87. The molecule has 1 saturated heterocycles. The molecule has 0 bridgehead atoms. The summed E-state index contributed by atoms with van der Waals surface area (Å²) in [5.74, 6) is -0.152. The van der Waals surface area contributed by atoms with Crippen LogP contribution >= 0.6 is 0 Å². The summed E-state index contributed by atoms with van der Waals surface area (Å²) in [5, 5.41) is 5.82. The molecule has 0 radical (unpaired) electrons. The SMILES string of the molecule is COCCCNC(=O)C1CCCCCN(Cc2ccncc2)CCC(=O)N1. The van der Waals surface area contributed by atoms with Crippen LogP contribution in [-0.2, 0) is 20.9 Å². The van der Waals surface area contributed by atoms with Crippen LogP contribution in [0.15, 0.2) is 24.5 Å². The Hall–Kier alpha value is -1.99. The van der Waals surface area contributed by atoms with Gasteiger partial charge >= 0.3 is 0 Å². The molecule has 0 spiro atoms. The Morgan fingerprint density at radius 2 is 2.11 bits per heavy atom. The van der Waals surface area contributed by atoms with Crippen LogP contribution in [0.1, 0.15) is 44.1 Å². The molecule has 2 N–H and O–H groups in total. The second-order valence-electron chi connectivity index (χ2n) is 6.99. The van der Waals surface area contributed by atoms with E-state index in [1.54, 1.807) is 19.5 Å². The first kappa shape index (κ1) is 21.3. The lowest BCUT2D eigenvalue weighted by atomic mass is 10.1. The Kier molecular flexibility index (Phi) is 9.79. The quantitative estimate of drug-likeness (QED) is 0.705. The highest BCUT2D eigenvalue weighted by atomic mass is 16.5. The molecule has 2 rings (SSSR count). The maximum atomic E-state index is 12.4. The standard InChI is InChI=1S/C20H32N4O3/c1-27-15-5-10-22-20(26)18-6-3-2-4-13-24(14-9-19(25)23-18)16-17-7-11-21-12-8-17/h7-8,11-12,18H,2-6,9-10,13-16H2,1H3,(H,22,26)(H,23,25). The van der Waals surface area contributed by atoms with Crippen molar-refractivity contribution in [2.75, 3.05) is 33.4 Å². The van der Waals surface area contributed by atoms with Crippen LogP contribution in [0.3, 0.4) is 0 Å². The van der Waals surface area contributed by atoms with Gasteiger partial charge in [-0.05, 0) is 43.5 Å². The summed E-state index contributed by atoms with van der Waals surface area (Å²) in [7, 11) is 1.64. The predicted molar refractivity (Wildman–Crippen MR) is 104 cm³/mol. The Morgan fingerprint density at radius 1 is 1.30 bits per heavy atom. The van der Waals surface area contributed by atoms with Crippen molar-refractivity contribution >= 4 is 11.8 Å². The number of amides is 2. The van der Waals surface area contributed by atoms with E-state index in [0.717, 1.165) is 38.8 Å². The van der Waals surface area contributed by atoms with Crippen LogP contribution in [0.5, 0.6) is 0 Å². The number of carbonyl (C=O) groups is 2. The number of carbonyl (C=O) groups excluding carboxylic acids is 2. The third kappa shape index (κ3) is 8.49. The molecule has 0 aliphatic carbocycles. The first-order valence-corrected chi connectivity index (χ1v) is 9.86. The van der Waals surface area contributed by atoms with Crippen LogP contribution in [-0.4, -0.2) is 61.1 Å². The minimum absolute atomic E-state index is 0.0614. The summed E-state index contributed by atoms with van der Waals surface area (Å²) >= 11 is 0. The summed E-state index contributed by atoms with van der Waals surface area (Å²) in [6, 6.07) is 3.58. The van der Waals surface area contributed by atoms with Crippen LogP contribution in [0.25, 0.3) is 0 Å². The minimum Gasteiger partial charge on any atom is -0.385 e. The van der Waals surface area contributed by atoms with E-state index in [-0.39, 0.29) is 11.8 Å². The molecular weight excluding hydrogens is 344 g/mol. The van der Waals surface area contributed by atoms with E-state index in [1.807, 2.05) is 12.1 Å². The number of nitrogens with one attached hydrogen (secondary N) is 2. The van der Waals surface area contributed by atoms with Gasteiger partial charge in [0.2, 0.25) is 11.8 Å². The fourth-order valence-electron chi connectivity index (χ4n) is 3.22. The fraction of sp³-hybridized carbons (Fsp3) is 0.650. The normalized spacial score (nSPS) is 19.7. The van der Waals surface area contributed by atoms with Crippen molar-refractivity contribution in [3.8, 4) is 0 Å². The van der Waals surface area contributed by atoms with Crippen LogP contribution < -0.4 is 10.6 Å². The summed E-state index contributed by atoms with van der Waals surface area (Å²) in [4.78, 5) is 31.1. The van der Waals surface area contributed by atoms with Gasteiger partial charge in [-0.15, -0.1) is 0 Å². The van der Waals surface area contributed by atoms with Gasteiger partial charge in [0.05, 0.1) is 0 Å². The van der Waals surface area contributed by atoms with Gasteiger partial charge in [0.1, 0.15) is 6.04 Å². The number of pyridine rings is 1. The third-order valence-corrected chi connectivity index (χ3v) is 4.75. The molecule has 2 heterocycles. The van der Waals surface area contributed by atoms with Crippen molar-refractivity contribution < 1.29 is 14.3 Å². The van der Waals surface area contributed by atoms with E-state index < -0.39 is 6.04 Å². The van der Waals surface area contributed by atoms with Gasteiger partial charge in [-0.2, -0.15) is 0 Å². The van der Waals surface area contributed by atoms with Crippen molar-refractivity contribution in [3.63, 3.8) is 0 Å². The molecule has 1 atom stereocenters. The van der Waals surface area contributed by atoms with Gasteiger partial charge in [-0.1, -0.05) is 12.8 Å². The summed E-state index contributed by atoms with van der Waals surface area (Å²) < 4.78 is 4.99. The second-order valence-corrected chi connectivity index (χ2v) is 6.99. The number of ether oxygens (including phenoxy) is 1. The maximum Gasteiger partial charge on any atom is 0.242 e. The number of rotatable bonds is 7. The maximum absolute atomic E-state index is 12.4. The molecule has 1 aliphatic rings. The molecule has 1 fully saturated rings. The molecule has 0 aromatic carbocycles.